The van der Waals surface area contributed by atoms with Gasteiger partial charge in [0.15, 0.2) is 0 Å². The number of carbonyl (C=O) groups is 1. The van der Waals surface area contributed by atoms with Crippen LogP contribution in [0.4, 0.5) is 0 Å². The molecule has 0 aromatic heterocycles. The maximum atomic E-state index is 13.1. The summed E-state index contributed by atoms with van der Waals surface area (Å²) in [6.07, 6.45) is 95.9. The lowest BCUT2D eigenvalue weighted by Gasteiger charge is -2.25. The average molecular weight is 1260 g/mol. The third kappa shape index (κ3) is 71.9. The molecule has 0 aliphatic carbocycles. The maximum absolute atomic E-state index is 13.1. The number of amides is 1. The second-order valence-electron chi connectivity index (χ2n) is 28.1. The molecule has 3 N–H and O–H groups in total. The van der Waals surface area contributed by atoms with E-state index in [2.05, 4.69) is 55.6 Å². The molecule has 0 saturated carbocycles. The van der Waals surface area contributed by atoms with Gasteiger partial charge in [-0.15, -0.1) is 0 Å². The van der Waals surface area contributed by atoms with Crippen LogP contribution in [0.15, 0.2) is 48.6 Å². The predicted molar refractivity (Wildman–Crippen MR) is 387 cm³/mol. The van der Waals surface area contributed by atoms with Gasteiger partial charge in [-0.2, -0.15) is 0 Å². The van der Waals surface area contributed by atoms with Crippen molar-refractivity contribution in [2.75, 3.05) is 40.9 Å². The first-order valence-corrected chi connectivity index (χ1v) is 40.5. The van der Waals surface area contributed by atoms with E-state index in [4.69, 9.17) is 9.05 Å². The summed E-state index contributed by atoms with van der Waals surface area (Å²) in [7, 11) is 1.57. The van der Waals surface area contributed by atoms with Crippen LogP contribution in [0.2, 0.25) is 0 Å². The van der Waals surface area contributed by atoms with Crippen LogP contribution in [0.1, 0.15) is 399 Å². The maximum Gasteiger partial charge on any atom is 0.472 e. The van der Waals surface area contributed by atoms with Gasteiger partial charge < -0.3 is 19.8 Å². The van der Waals surface area contributed by atoms with E-state index >= 15 is 0 Å². The Balaban J connectivity index is 4.00. The highest BCUT2D eigenvalue weighted by molar-refractivity contribution is 7.47. The minimum absolute atomic E-state index is 0.0577. The lowest BCUT2D eigenvalue weighted by atomic mass is 10.0. The number of hydrogen-bond donors (Lipinski definition) is 3. The number of rotatable bonds is 73. The number of quaternary nitrogens is 1. The Labute approximate surface area is 549 Å². The van der Waals surface area contributed by atoms with E-state index in [1.807, 2.05) is 27.2 Å². The summed E-state index contributed by atoms with van der Waals surface area (Å²) >= 11 is 0. The Bertz CT molecular complexity index is 1580. The number of aliphatic hydroxyl groups is 1. The molecule has 0 heterocycles. The summed E-state index contributed by atoms with van der Waals surface area (Å²) in [4.78, 5) is 23.5. The fraction of sp³-hybridized carbons (Fsp3) is 0.886. The standard InChI is InChI=1S/C79H153N2O6P/c1-6-8-10-12-14-16-18-20-22-24-26-28-30-32-34-36-38-39-40-41-43-45-47-49-51-53-55-57-59-61-63-65-67-69-71-73-79(83)80-77(76-87-88(84,85)86-75-74-81(3,4)5)78(82)72-70-68-66-64-62-60-58-56-54-52-50-48-46-44-42-37-35-33-31-29-27-25-23-21-19-17-15-13-11-9-7-2/h18,20,24,26,62,64,70,72,77-78,82H,6-17,19,21-23,25,27-61,63,65-69,71,73-76H2,1-5H3,(H-,80,83,84,85)/p+1/b20-18-,26-24-,64-62+,72-70+. The smallest absolute Gasteiger partial charge is 0.387 e. The molecule has 0 aliphatic rings. The third-order valence-corrected chi connectivity index (χ3v) is 19.0. The second kappa shape index (κ2) is 69.8. The van der Waals surface area contributed by atoms with Gasteiger partial charge in [-0.1, -0.05) is 377 Å². The molecular weight excluding hydrogens is 1100 g/mol. The number of likely N-dealkylation sites (N-methyl/N-ethyl adjacent to an activating group) is 1. The minimum atomic E-state index is -4.36. The van der Waals surface area contributed by atoms with Crippen LogP contribution < -0.4 is 5.32 Å². The monoisotopic (exact) mass is 1260 g/mol. The summed E-state index contributed by atoms with van der Waals surface area (Å²) in [5.74, 6) is -0.179. The number of phosphoric ester groups is 1. The molecule has 8 nitrogen and oxygen atoms in total. The number of allylic oxidation sites excluding steroid dienone is 7. The Kier molecular flexibility index (Phi) is 68.6. The predicted octanol–water partition coefficient (Wildman–Crippen LogP) is 25.3. The number of aliphatic hydroxyl groups excluding tert-OH is 1. The molecule has 0 fully saturated rings. The molecule has 0 aromatic rings. The molecule has 9 heteroatoms. The van der Waals surface area contributed by atoms with Gasteiger partial charge in [0.1, 0.15) is 13.2 Å². The van der Waals surface area contributed by atoms with Gasteiger partial charge in [-0.05, 0) is 64.2 Å². The minimum Gasteiger partial charge on any atom is -0.387 e. The molecular formula is C79H154N2O6P+. The van der Waals surface area contributed by atoms with Crippen molar-refractivity contribution in [1.29, 1.82) is 0 Å². The van der Waals surface area contributed by atoms with Crippen LogP contribution >= 0.6 is 7.82 Å². The number of unbranched alkanes of at least 4 members (excludes halogenated alkanes) is 54. The van der Waals surface area contributed by atoms with Crippen LogP contribution in [-0.2, 0) is 18.4 Å². The highest BCUT2D eigenvalue weighted by atomic mass is 31.2. The normalized spacial score (nSPS) is 13.8. The fourth-order valence-corrected chi connectivity index (χ4v) is 12.7. The Morgan fingerprint density at radius 1 is 0.386 bits per heavy atom. The molecule has 88 heavy (non-hydrogen) atoms. The molecule has 1 amide bonds. The highest BCUT2D eigenvalue weighted by Crippen LogP contribution is 2.43. The second-order valence-corrected chi connectivity index (χ2v) is 29.5. The van der Waals surface area contributed by atoms with Crippen molar-refractivity contribution in [3.8, 4) is 0 Å². The number of nitrogens with one attached hydrogen (secondary N) is 1. The SMILES string of the molecule is CCCCCCC/C=C\C/C=C\CCCCCCCCCCCCCCCCCCCCCCCCCC(=O)NC(COP(=O)(O)OCC[N+](C)(C)C)C(O)/C=C/CC/C=C/CCCCCCCCCCCCCCCCCCCCCCCCCCC. The molecule has 0 radical (unpaired) electrons. The van der Waals surface area contributed by atoms with Crippen molar-refractivity contribution in [1.82, 2.24) is 5.32 Å². The Morgan fingerprint density at radius 3 is 0.977 bits per heavy atom. The van der Waals surface area contributed by atoms with E-state index in [1.165, 1.54) is 334 Å². The molecule has 0 saturated heterocycles. The van der Waals surface area contributed by atoms with Crippen molar-refractivity contribution >= 4 is 13.7 Å². The van der Waals surface area contributed by atoms with Gasteiger partial charge in [-0.3, -0.25) is 13.8 Å². The van der Waals surface area contributed by atoms with Crippen molar-refractivity contribution < 1.29 is 32.9 Å². The van der Waals surface area contributed by atoms with Gasteiger partial charge in [0.2, 0.25) is 5.91 Å². The van der Waals surface area contributed by atoms with Crippen molar-refractivity contribution in [3.05, 3.63) is 48.6 Å². The molecule has 0 bridgehead atoms. The molecule has 520 valence electrons. The van der Waals surface area contributed by atoms with Crippen LogP contribution in [0.3, 0.4) is 0 Å². The quantitative estimate of drug-likeness (QED) is 0.0243. The van der Waals surface area contributed by atoms with Crippen molar-refractivity contribution in [2.24, 2.45) is 0 Å². The average Bonchev–Trinajstić information content (AvgIpc) is 3.64. The Morgan fingerprint density at radius 2 is 0.659 bits per heavy atom. The lowest BCUT2D eigenvalue weighted by molar-refractivity contribution is -0.870. The number of hydrogen-bond acceptors (Lipinski definition) is 5. The summed E-state index contributed by atoms with van der Waals surface area (Å²) in [6, 6.07) is -0.865. The van der Waals surface area contributed by atoms with Gasteiger partial charge >= 0.3 is 7.82 Å². The lowest BCUT2D eigenvalue weighted by Crippen LogP contribution is -2.45. The summed E-state index contributed by atoms with van der Waals surface area (Å²) in [5, 5.41) is 14.0. The van der Waals surface area contributed by atoms with E-state index in [9.17, 15) is 19.4 Å². The molecule has 3 unspecified atom stereocenters. The van der Waals surface area contributed by atoms with Crippen LogP contribution in [0, 0.1) is 0 Å². The molecule has 0 aliphatic heterocycles. The number of carbonyl (C=O) groups excluding carboxylic acids is 1. The van der Waals surface area contributed by atoms with Crippen LogP contribution in [0.5, 0.6) is 0 Å². The van der Waals surface area contributed by atoms with E-state index < -0.39 is 20.0 Å². The van der Waals surface area contributed by atoms with Gasteiger partial charge in [-0.25, -0.2) is 4.57 Å². The zero-order valence-corrected chi connectivity index (χ0v) is 60.6. The molecule has 0 rings (SSSR count). The van der Waals surface area contributed by atoms with E-state index in [0.29, 0.717) is 17.4 Å². The first-order chi connectivity index (χ1) is 43.0. The van der Waals surface area contributed by atoms with E-state index in [0.717, 1.165) is 44.9 Å². The van der Waals surface area contributed by atoms with E-state index in [-0.39, 0.29) is 19.1 Å². The molecule has 0 spiro atoms. The van der Waals surface area contributed by atoms with Crippen LogP contribution in [-0.4, -0.2) is 73.4 Å². The van der Waals surface area contributed by atoms with Crippen LogP contribution in [0.25, 0.3) is 0 Å². The first kappa shape index (κ1) is 86.5. The first-order valence-electron chi connectivity index (χ1n) is 39.0. The zero-order valence-electron chi connectivity index (χ0n) is 59.7. The van der Waals surface area contributed by atoms with Gasteiger partial charge in [0, 0.05) is 6.42 Å². The number of phosphoric acid groups is 1. The van der Waals surface area contributed by atoms with Gasteiger partial charge in [0.25, 0.3) is 0 Å². The summed E-state index contributed by atoms with van der Waals surface area (Å²) < 4.78 is 23.9. The number of nitrogens with zero attached hydrogens (tertiary/aromatic N) is 1. The van der Waals surface area contributed by atoms with Crippen molar-refractivity contribution in [3.63, 3.8) is 0 Å². The van der Waals surface area contributed by atoms with E-state index in [1.54, 1.807) is 6.08 Å². The zero-order chi connectivity index (χ0) is 64.1. The summed E-state index contributed by atoms with van der Waals surface area (Å²) in [6.45, 7) is 4.85. The fourth-order valence-electron chi connectivity index (χ4n) is 12.0. The third-order valence-electron chi connectivity index (χ3n) is 18.0. The van der Waals surface area contributed by atoms with Gasteiger partial charge in [0.05, 0.1) is 39.9 Å². The highest BCUT2D eigenvalue weighted by Gasteiger charge is 2.28. The topological polar surface area (TPSA) is 105 Å². The Hall–Kier alpha value is -1.54. The molecule has 3 atom stereocenters. The molecule has 0 aromatic carbocycles. The largest absolute Gasteiger partial charge is 0.472 e. The summed E-state index contributed by atoms with van der Waals surface area (Å²) in [5.41, 5.74) is 0. The van der Waals surface area contributed by atoms with Crippen molar-refractivity contribution in [2.45, 2.75) is 411 Å².